The fourth-order valence-corrected chi connectivity index (χ4v) is 7.13. The molecule has 12 nitrogen and oxygen atoms in total. The van der Waals surface area contributed by atoms with Crippen molar-refractivity contribution < 1.29 is 57.5 Å². The molecule has 0 aromatic carbocycles. The average molecular weight is 599 g/mol. The van der Waals surface area contributed by atoms with E-state index < -0.39 is 94.2 Å². The van der Waals surface area contributed by atoms with Crippen LogP contribution in [-0.4, -0.2) is 88.7 Å². The lowest BCUT2D eigenvalue weighted by Crippen LogP contribution is -2.72. The third kappa shape index (κ3) is 5.03. The number of carbonyl (C=O) groups excluding carboxylic acids is 5. The van der Waals surface area contributed by atoms with Gasteiger partial charge in [0.15, 0.2) is 11.7 Å². The minimum atomic E-state index is -2.28. The molecule has 1 spiro atoms. The number of esters is 5. The molecular formula is C28H35ClO12. The van der Waals surface area contributed by atoms with Gasteiger partial charge in [0.1, 0.15) is 30.0 Å². The van der Waals surface area contributed by atoms with Gasteiger partial charge in [-0.1, -0.05) is 19.6 Å². The Morgan fingerprint density at radius 1 is 1.00 bits per heavy atom. The lowest BCUT2D eigenvalue weighted by atomic mass is 9.52. The van der Waals surface area contributed by atoms with E-state index in [4.69, 9.17) is 40.0 Å². The van der Waals surface area contributed by atoms with Gasteiger partial charge in [0.25, 0.3) is 0 Å². The highest BCUT2D eigenvalue weighted by Crippen LogP contribution is 2.63. The van der Waals surface area contributed by atoms with Crippen LogP contribution in [0.15, 0.2) is 24.3 Å². The van der Waals surface area contributed by atoms with Gasteiger partial charge in [-0.15, -0.1) is 11.6 Å². The van der Waals surface area contributed by atoms with Crippen molar-refractivity contribution in [3.63, 3.8) is 0 Å². The first-order valence-corrected chi connectivity index (χ1v) is 13.7. The van der Waals surface area contributed by atoms with Crippen LogP contribution in [-0.2, 0) is 52.4 Å². The van der Waals surface area contributed by atoms with Crippen molar-refractivity contribution in [1.29, 1.82) is 0 Å². The van der Waals surface area contributed by atoms with E-state index in [1.54, 1.807) is 6.92 Å². The maximum atomic E-state index is 13.0. The summed E-state index contributed by atoms with van der Waals surface area (Å²) in [7, 11) is 0. The number of alkyl halides is 1. The summed E-state index contributed by atoms with van der Waals surface area (Å²) >= 11 is 6.73. The van der Waals surface area contributed by atoms with Crippen molar-refractivity contribution in [2.75, 3.05) is 6.61 Å². The number of carbonyl (C=O) groups is 5. The summed E-state index contributed by atoms with van der Waals surface area (Å²) < 4.78 is 34.7. The van der Waals surface area contributed by atoms with Crippen LogP contribution < -0.4 is 0 Å². The molecule has 3 fully saturated rings. The van der Waals surface area contributed by atoms with E-state index in [1.165, 1.54) is 39.8 Å². The van der Waals surface area contributed by atoms with Gasteiger partial charge in [0, 0.05) is 40.0 Å². The first kappa shape index (κ1) is 31.0. The van der Waals surface area contributed by atoms with Crippen molar-refractivity contribution in [3.05, 3.63) is 24.3 Å². The molecule has 2 heterocycles. The third-order valence-electron chi connectivity index (χ3n) is 8.77. The maximum absolute atomic E-state index is 13.0. The van der Waals surface area contributed by atoms with Gasteiger partial charge in [-0.3, -0.25) is 24.0 Å². The molecule has 2 aliphatic carbocycles. The van der Waals surface area contributed by atoms with Gasteiger partial charge in [0.2, 0.25) is 0 Å². The zero-order valence-electron chi connectivity index (χ0n) is 23.7. The molecule has 0 aromatic rings. The number of halogens is 1. The van der Waals surface area contributed by atoms with E-state index in [2.05, 4.69) is 6.58 Å². The van der Waals surface area contributed by atoms with Crippen LogP contribution in [0.3, 0.4) is 0 Å². The number of ether oxygens (including phenoxy) is 6. The molecule has 0 bridgehead atoms. The Labute approximate surface area is 242 Å². The molecule has 41 heavy (non-hydrogen) atoms. The van der Waals surface area contributed by atoms with Crippen LogP contribution in [0.5, 0.6) is 0 Å². The van der Waals surface area contributed by atoms with E-state index in [-0.39, 0.29) is 18.6 Å². The van der Waals surface area contributed by atoms with Gasteiger partial charge in [-0.2, -0.15) is 0 Å². The predicted molar refractivity (Wildman–Crippen MR) is 139 cm³/mol. The normalized spacial score (nSPS) is 44.0. The number of hydrogen-bond acceptors (Lipinski definition) is 12. The highest BCUT2D eigenvalue weighted by atomic mass is 35.5. The molecule has 2 aliphatic heterocycles. The van der Waals surface area contributed by atoms with Crippen LogP contribution in [0.4, 0.5) is 0 Å². The summed E-state index contributed by atoms with van der Waals surface area (Å²) in [6.45, 7) is 11.7. The summed E-state index contributed by atoms with van der Waals surface area (Å²) in [4.78, 5) is 62.8. The van der Waals surface area contributed by atoms with Gasteiger partial charge in [0.05, 0.1) is 23.3 Å². The molecule has 1 saturated carbocycles. The standard InChI is InChI=1S/C28H35ClO12/c1-12-8-9-18(37-14(3)30)26(7)19(38-15(4)31)10-20(39-16(5)32)27(11-36-27)22(26)24(40-17(6)33)28(35)13(2)25(34)41-23(28)21(12)29/h8-9,13,18-24,35H,1,10-11H2,2-7H3/b9-8+/t13-,18-,19-,20+,21-,22+,23-,24-,26-,27+,28-/m0/s1. The number of fused-ring (bicyclic) bond motifs is 3. The largest absolute Gasteiger partial charge is 0.462 e. The van der Waals surface area contributed by atoms with Crippen molar-refractivity contribution in [2.45, 2.75) is 95.1 Å². The van der Waals surface area contributed by atoms with Gasteiger partial charge < -0.3 is 33.5 Å². The smallest absolute Gasteiger partial charge is 0.312 e. The maximum Gasteiger partial charge on any atom is 0.312 e. The Morgan fingerprint density at radius 2 is 1.54 bits per heavy atom. The summed E-state index contributed by atoms with van der Waals surface area (Å²) in [6, 6.07) is 0. The summed E-state index contributed by atoms with van der Waals surface area (Å²) in [5.41, 5.74) is -5.00. The number of allylic oxidation sites excluding steroid dienone is 1. The van der Waals surface area contributed by atoms with Crippen molar-refractivity contribution in [2.24, 2.45) is 17.3 Å². The van der Waals surface area contributed by atoms with Crippen molar-refractivity contribution in [1.82, 2.24) is 0 Å². The number of aliphatic hydroxyl groups is 1. The second-order valence-electron chi connectivity index (χ2n) is 11.4. The molecule has 0 unspecified atom stereocenters. The first-order chi connectivity index (χ1) is 19.0. The monoisotopic (exact) mass is 598 g/mol. The van der Waals surface area contributed by atoms with E-state index in [9.17, 15) is 29.1 Å². The topological polar surface area (TPSA) is 164 Å². The highest BCUT2D eigenvalue weighted by molar-refractivity contribution is 6.23. The molecule has 2 saturated heterocycles. The highest BCUT2D eigenvalue weighted by Gasteiger charge is 2.78. The summed E-state index contributed by atoms with van der Waals surface area (Å²) in [6.07, 6.45) is -3.54. The first-order valence-electron chi connectivity index (χ1n) is 13.3. The van der Waals surface area contributed by atoms with E-state index in [0.29, 0.717) is 0 Å². The predicted octanol–water partition coefficient (Wildman–Crippen LogP) is 1.53. The Hall–Kier alpha value is -2.96. The lowest BCUT2D eigenvalue weighted by molar-refractivity contribution is -0.254. The SMILES string of the molecule is C=C1/C=C/[C@H](OC(C)=O)[C@@]2(C)[C@@H](OC(C)=O)C[C@@H](OC(C)=O)[C@]3(CO3)[C@@H]2[C@H](OC(C)=O)[C@]2(O)[C@@H](C)C(=O)O[C@H]2[C@H]1Cl. The zero-order chi connectivity index (χ0) is 30.7. The summed E-state index contributed by atoms with van der Waals surface area (Å²) in [5, 5.41) is 11.3. The number of hydrogen-bond donors (Lipinski definition) is 1. The number of epoxide rings is 1. The molecule has 4 rings (SSSR count). The molecule has 13 heteroatoms. The molecule has 0 aromatic heterocycles. The van der Waals surface area contributed by atoms with Crippen LogP contribution in [0, 0.1) is 17.3 Å². The Bertz CT molecular complexity index is 1190. The zero-order valence-corrected chi connectivity index (χ0v) is 24.5. The van der Waals surface area contributed by atoms with E-state index in [1.807, 2.05) is 0 Å². The molecule has 1 N–H and O–H groups in total. The van der Waals surface area contributed by atoms with Crippen LogP contribution >= 0.6 is 11.6 Å². The average Bonchev–Trinajstić information content (AvgIpc) is 3.61. The molecule has 0 amide bonds. The molecule has 4 aliphatic rings. The minimum absolute atomic E-state index is 0.0206. The van der Waals surface area contributed by atoms with E-state index in [0.717, 1.165) is 6.92 Å². The third-order valence-corrected chi connectivity index (χ3v) is 9.28. The molecular weight excluding hydrogens is 564 g/mol. The van der Waals surface area contributed by atoms with Gasteiger partial charge in [-0.25, -0.2) is 0 Å². The number of rotatable bonds is 4. The quantitative estimate of drug-likeness (QED) is 0.215. The molecule has 0 radical (unpaired) electrons. The molecule has 226 valence electrons. The van der Waals surface area contributed by atoms with Crippen LogP contribution in [0.2, 0.25) is 0 Å². The fraction of sp³-hybridized carbons (Fsp3) is 0.679. The fourth-order valence-electron chi connectivity index (χ4n) is 6.81. The van der Waals surface area contributed by atoms with Crippen molar-refractivity contribution in [3.8, 4) is 0 Å². The van der Waals surface area contributed by atoms with Crippen LogP contribution in [0.1, 0.15) is 48.0 Å². The van der Waals surface area contributed by atoms with E-state index >= 15 is 0 Å². The minimum Gasteiger partial charge on any atom is -0.462 e. The molecule has 11 atom stereocenters. The lowest BCUT2D eigenvalue weighted by Gasteiger charge is -2.57. The van der Waals surface area contributed by atoms with Crippen molar-refractivity contribution >= 4 is 41.4 Å². The Balaban J connectivity index is 2.09. The second kappa shape index (κ2) is 10.7. The Morgan fingerprint density at radius 3 is 2.05 bits per heavy atom. The van der Waals surface area contributed by atoms with Gasteiger partial charge >= 0.3 is 29.8 Å². The van der Waals surface area contributed by atoms with Gasteiger partial charge in [-0.05, 0) is 18.6 Å². The second-order valence-corrected chi connectivity index (χ2v) is 11.9. The summed E-state index contributed by atoms with van der Waals surface area (Å²) in [5.74, 6) is -6.15. The Kier molecular flexibility index (Phi) is 8.09. The van der Waals surface area contributed by atoms with Crippen LogP contribution in [0.25, 0.3) is 0 Å².